The topological polar surface area (TPSA) is 0 Å². The van der Waals surface area contributed by atoms with Gasteiger partial charge >= 0.3 is 0 Å². The van der Waals surface area contributed by atoms with Crippen molar-refractivity contribution < 1.29 is 8.78 Å². The summed E-state index contributed by atoms with van der Waals surface area (Å²) in [6.07, 6.45) is 0.370. The Hall–Kier alpha value is -0.930. The van der Waals surface area contributed by atoms with Gasteiger partial charge in [0.25, 0.3) is 0 Å². The van der Waals surface area contributed by atoms with Gasteiger partial charge in [0.05, 0.1) is 5.38 Å². The van der Waals surface area contributed by atoms with Crippen molar-refractivity contribution in [1.82, 2.24) is 0 Å². The second kappa shape index (κ2) is 5.37. The van der Waals surface area contributed by atoms with Crippen LogP contribution in [0.1, 0.15) is 26.3 Å². The summed E-state index contributed by atoms with van der Waals surface area (Å²) in [5, 5.41) is -0.274. The summed E-state index contributed by atoms with van der Waals surface area (Å²) in [4.78, 5) is 2.24. The molecule has 2 aromatic rings. The van der Waals surface area contributed by atoms with E-state index in [1.165, 1.54) is 17.0 Å². The molecule has 0 amide bonds. The average molecular weight is 287 g/mol. The Labute approximate surface area is 114 Å². The van der Waals surface area contributed by atoms with Gasteiger partial charge in [-0.3, -0.25) is 0 Å². The number of hydrogen-bond acceptors (Lipinski definition) is 1. The van der Waals surface area contributed by atoms with E-state index in [0.717, 1.165) is 16.5 Å². The second-order valence-electron chi connectivity index (χ2n) is 4.31. The molecule has 0 bridgehead atoms. The molecule has 0 aliphatic carbocycles. The largest absolute Gasteiger partial charge is 0.207 e. The van der Waals surface area contributed by atoms with Gasteiger partial charge < -0.3 is 0 Å². The van der Waals surface area contributed by atoms with Gasteiger partial charge in [0.15, 0.2) is 0 Å². The lowest BCUT2D eigenvalue weighted by Crippen LogP contribution is -1.98. The van der Waals surface area contributed by atoms with Gasteiger partial charge in [0.2, 0.25) is 0 Å². The van der Waals surface area contributed by atoms with Crippen molar-refractivity contribution in [2.45, 2.75) is 25.6 Å². The number of benzene rings is 1. The first-order valence-electron chi connectivity index (χ1n) is 5.62. The van der Waals surface area contributed by atoms with Gasteiger partial charge in [-0.1, -0.05) is 6.07 Å². The quantitative estimate of drug-likeness (QED) is 0.683. The third-order valence-electron chi connectivity index (χ3n) is 2.78. The number of hydrogen-bond donors (Lipinski definition) is 0. The monoisotopic (exact) mass is 286 g/mol. The van der Waals surface area contributed by atoms with E-state index in [1.54, 1.807) is 11.3 Å². The predicted octanol–water partition coefficient (Wildman–Crippen LogP) is 5.17. The third-order valence-corrected chi connectivity index (χ3v) is 4.55. The first-order chi connectivity index (χ1) is 8.47. The lowest BCUT2D eigenvalue weighted by molar-refractivity contribution is 0.571. The van der Waals surface area contributed by atoms with Crippen LogP contribution in [0, 0.1) is 25.5 Å². The molecule has 1 heterocycles. The zero-order chi connectivity index (χ0) is 13.3. The number of aryl methyl sites for hydroxylation is 2. The molecule has 0 saturated heterocycles. The van der Waals surface area contributed by atoms with Crippen LogP contribution in [0.15, 0.2) is 24.3 Å². The smallest absolute Gasteiger partial charge is 0.129 e. The van der Waals surface area contributed by atoms with E-state index in [-0.39, 0.29) is 5.38 Å². The van der Waals surface area contributed by atoms with E-state index in [9.17, 15) is 8.78 Å². The third kappa shape index (κ3) is 2.90. The molecule has 0 spiro atoms. The minimum atomic E-state index is -0.564. The molecule has 0 aliphatic heterocycles. The molecular weight excluding hydrogens is 274 g/mol. The van der Waals surface area contributed by atoms with Crippen molar-refractivity contribution >= 4 is 22.9 Å². The van der Waals surface area contributed by atoms with Gasteiger partial charge in [-0.15, -0.1) is 22.9 Å². The van der Waals surface area contributed by atoms with Crippen LogP contribution >= 0.6 is 22.9 Å². The van der Waals surface area contributed by atoms with Gasteiger partial charge in [0, 0.05) is 15.8 Å². The molecule has 0 saturated carbocycles. The van der Waals surface area contributed by atoms with Gasteiger partial charge in [0.1, 0.15) is 11.6 Å². The van der Waals surface area contributed by atoms with Crippen molar-refractivity contribution in [1.29, 1.82) is 0 Å². The minimum absolute atomic E-state index is 0.274. The molecule has 1 atom stereocenters. The summed E-state index contributed by atoms with van der Waals surface area (Å²) in [7, 11) is 0. The minimum Gasteiger partial charge on any atom is -0.207 e. The zero-order valence-corrected chi connectivity index (χ0v) is 11.7. The Morgan fingerprint density at radius 3 is 2.50 bits per heavy atom. The van der Waals surface area contributed by atoms with E-state index < -0.39 is 11.6 Å². The average Bonchev–Trinajstić information content (AvgIpc) is 2.62. The highest BCUT2D eigenvalue weighted by Gasteiger charge is 2.16. The van der Waals surface area contributed by atoms with Crippen LogP contribution in [-0.2, 0) is 6.42 Å². The van der Waals surface area contributed by atoms with E-state index in [1.807, 2.05) is 13.8 Å². The van der Waals surface area contributed by atoms with Gasteiger partial charge in [-0.25, -0.2) is 8.78 Å². The van der Waals surface area contributed by atoms with Crippen LogP contribution in [0.3, 0.4) is 0 Å². The number of rotatable bonds is 3. The van der Waals surface area contributed by atoms with Crippen molar-refractivity contribution in [2.24, 2.45) is 0 Å². The van der Waals surface area contributed by atoms with Crippen molar-refractivity contribution in [3.8, 4) is 0 Å². The summed E-state index contributed by atoms with van der Waals surface area (Å²) in [6, 6.07) is 5.67. The molecule has 0 fully saturated rings. The molecule has 0 nitrogen and oxygen atoms in total. The highest BCUT2D eigenvalue weighted by molar-refractivity contribution is 7.12. The summed E-state index contributed by atoms with van der Waals surface area (Å²) in [5.41, 5.74) is 1.57. The van der Waals surface area contributed by atoms with Crippen LogP contribution in [-0.4, -0.2) is 0 Å². The summed E-state index contributed by atoms with van der Waals surface area (Å²) < 4.78 is 26.3. The molecule has 0 N–H and O–H groups in total. The Morgan fingerprint density at radius 2 is 1.94 bits per heavy atom. The molecule has 1 aromatic heterocycles. The van der Waals surface area contributed by atoms with Crippen molar-refractivity contribution in [3.05, 3.63) is 56.8 Å². The molecule has 0 radical (unpaired) electrons. The first-order valence-corrected chi connectivity index (χ1v) is 6.87. The molecule has 4 heteroatoms. The maximum absolute atomic E-state index is 13.5. The zero-order valence-electron chi connectivity index (χ0n) is 10.1. The fourth-order valence-corrected chi connectivity index (χ4v) is 3.43. The van der Waals surface area contributed by atoms with E-state index in [4.69, 9.17) is 11.6 Å². The van der Waals surface area contributed by atoms with Gasteiger partial charge in [-0.2, -0.15) is 0 Å². The Balaban J connectivity index is 2.21. The Kier molecular flexibility index (Phi) is 4.03. The second-order valence-corrected chi connectivity index (χ2v) is 6.13. The Morgan fingerprint density at radius 1 is 1.22 bits per heavy atom. The normalized spacial score (nSPS) is 12.7. The molecule has 1 unspecified atom stereocenters. The number of halogens is 3. The first kappa shape index (κ1) is 13.5. The molecule has 0 aliphatic rings. The van der Waals surface area contributed by atoms with E-state index in [0.29, 0.717) is 12.0 Å². The van der Waals surface area contributed by atoms with Gasteiger partial charge in [-0.05, 0) is 43.5 Å². The Bertz CT molecular complexity index is 563. The van der Waals surface area contributed by atoms with Crippen molar-refractivity contribution in [3.63, 3.8) is 0 Å². The standard InChI is InChI=1S/C14H13ClF2S/c1-8-5-9(2)18-14(8)12(15)6-10-3-4-11(16)7-13(10)17/h3-5,7,12H,6H2,1-2H3. The predicted molar refractivity (Wildman–Crippen MR) is 72.4 cm³/mol. The number of thiophene rings is 1. The lowest BCUT2D eigenvalue weighted by Gasteiger charge is -2.10. The summed E-state index contributed by atoms with van der Waals surface area (Å²) in [5.74, 6) is -1.10. The molecule has 2 rings (SSSR count). The summed E-state index contributed by atoms with van der Waals surface area (Å²) in [6.45, 7) is 4.01. The summed E-state index contributed by atoms with van der Waals surface area (Å²) >= 11 is 7.94. The van der Waals surface area contributed by atoms with Crippen LogP contribution in [0.4, 0.5) is 8.78 Å². The molecule has 1 aromatic carbocycles. The lowest BCUT2D eigenvalue weighted by atomic mass is 10.1. The van der Waals surface area contributed by atoms with Crippen molar-refractivity contribution in [2.75, 3.05) is 0 Å². The fourth-order valence-electron chi connectivity index (χ4n) is 1.94. The number of alkyl halides is 1. The fraction of sp³-hybridized carbons (Fsp3) is 0.286. The van der Waals surface area contributed by atoms with E-state index in [2.05, 4.69) is 6.07 Å². The molecule has 18 heavy (non-hydrogen) atoms. The maximum Gasteiger partial charge on any atom is 0.129 e. The molecule has 96 valence electrons. The molecular formula is C14H13ClF2S. The SMILES string of the molecule is Cc1cc(C)c(C(Cl)Cc2ccc(F)cc2F)s1. The highest BCUT2D eigenvalue weighted by Crippen LogP contribution is 2.34. The maximum atomic E-state index is 13.5. The van der Waals surface area contributed by atoms with Crippen LogP contribution in [0.2, 0.25) is 0 Å². The van der Waals surface area contributed by atoms with Crippen LogP contribution in [0.5, 0.6) is 0 Å². The van der Waals surface area contributed by atoms with Crippen LogP contribution < -0.4 is 0 Å². The highest BCUT2D eigenvalue weighted by atomic mass is 35.5. The van der Waals surface area contributed by atoms with E-state index >= 15 is 0 Å². The van der Waals surface area contributed by atoms with Crippen LogP contribution in [0.25, 0.3) is 0 Å².